The summed E-state index contributed by atoms with van der Waals surface area (Å²) in [4.78, 5) is 10.5. The Morgan fingerprint density at radius 3 is 2.55 bits per heavy atom. The van der Waals surface area contributed by atoms with Gasteiger partial charge in [-0.1, -0.05) is 26.8 Å². The van der Waals surface area contributed by atoms with Crippen molar-refractivity contribution < 1.29 is 0 Å². The van der Waals surface area contributed by atoms with Crippen LogP contribution in [0.4, 0.5) is 0 Å². The average Bonchev–Trinajstić information content (AvgIpc) is 3.42. The van der Waals surface area contributed by atoms with E-state index in [1.807, 2.05) is 11.3 Å². The van der Waals surface area contributed by atoms with E-state index in [1.54, 1.807) is 29.0 Å². The highest BCUT2D eigenvalue weighted by Gasteiger charge is 2.21. The van der Waals surface area contributed by atoms with Gasteiger partial charge in [0.2, 0.25) is 0 Å². The minimum Gasteiger partial charge on any atom is -0.236 e. The van der Waals surface area contributed by atoms with Gasteiger partial charge in [-0.05, 0) is 57.5 Å². The molecule has 0 spiro atoms. The third-order valence-electron chi connectivity index (χ3n) is 5.50. The van der Waals surface area contributed by atoms with E-state index in [-0.39, 0.29) is 5.41 Å². The molecule has 2 nitrogen and oxygen atoms in total. The Morgan fingerprint density at radius 2 is 1.69 bits per heavy atom. The van der Waals surface area contributed by atoms with E-state index in [9.17, 15) is 0 Å². The number of rotatable bonds is 1. The van der Waals surface area contributed by atoms with Crippen molar-refractivity contribution in [2.24, 2.45) is 0 Å². The molecular formula is C24H18N2S3. The number of thiophene rings is 3. The van der Waals surface area contributed by atoms with Crippen LogP contribution in [0.2, 0.25) is 0 Å². The summed E-state index contributed by atoms with van der Waals surface area (Å²) in [7, 11) is 0. The quantitative estimate of drug-likeness (QED) is 0.262. The highest BCUT2D eigenvalue weighted by Crippen LogP contribution is 2.44. The fourth-order valence-electron chi connectivity index (χ4n) is 4.11. The van der Waals surface area contributed by atoms with Crippen molar-refractivity contribution in [1.29, 1.82) is 0 Å². The van der Waals surface area contributed by atoms with Crippen LogP contribution < -0.4 is 0 Å². The fraction of sp³-hybridized carbons (Fsp3) is 0.167. The molecule has 6 aromatic rings. The number of fused-ring (bicyclic) bond motifs is 6. The standard InChI is InChI=1S/C24H18N2S3/c1-24(2,3)17-11-14(10-13-6-8-28-21(13)17)20-19-16-4-5-18-15(7-9-27-18)22(16)29-23(19)26-12-25-20/h4-12H,1-3H3. The number of benzene rings is 2. The molecule has 2 aromatic carbocycles. The fourth-order valence-corrected chi connectivity index (χ4v) is 7.24. The number of aromatic nitrogens is 2. The van der Waals surface area contributed by atoms with Gasteiger partial charge in [0, 0.05) is 35.8 Å². The second-order valence-corrected chi connectivity index (χ2v) is 11.3. The van der Waals surface area contributed by atoms with E-state index in [4.69, 9.17) is 4.98 Å². The molecule has 6 rings (SSSR count). The summed E-state index contributed by atoms with van der Waals surface area (Å²) in [5.74, 6) is 0. The maximum Gasteiger partial charge on any atom is 0.128 e. The molecule has 0 saturated heterocycles. The maximum atomic E-state index is 4.78. The molecule has 0 radical (unpaired) electrons. The lowest BCUT2D eigenvalue weighted by molar-refractivity contribution is 0.597. The number of hydrogen-bond acceptors (Lipinski definition) is 5. The van der Waals surface area contributed by atoms with Gasteiger partial charge in [0.15, 0.2) is 0 Å². The van der Waals surface area contributed by atoms with Crippen molar-refractivity contribution in [3.8, 4) is 11.3 Å². The van der Waals surface area contributed by atoms with Gasteiger partial charge in [-0.15, -0.1) is 34.0 Å². The van der Waals surface area contributed by atoms with Crippen molar-refractivity contribution in [2.45, 2.75) is 26.2 Å². The summed E-state index contributed by atoms with van der Waals surface area (Å²) in [5.41, 5.74) is 3.67. The van der Waals surface area contributed by atoms with Gasteiger partial charge in [0.25, 0.3) is 0 Å². The summed E-state index contributed by atoms with van der Waals surface area (Å²) in [5, 5.41) is 9.41. The first-order chi connectivity index (χ1) is 14.0. The van der Waals surface area contributed by atoms with Crippen molar-refractivity contribution in [3.63, 3.8) is 0 Å². The number of nitrogens with zero attached hydrogens (tertiary/aromatic N) is 2. The molecule has 0 N–H and O–H groups in total. The van der Waals surface area contributed by atoms with E-state index in [0.29, 0.717) is 0 Å². The topological polar surface area (TPSA) is 25.8 Å². The highest BCUT2D eigenvalue weighted by molar-refractivity contribution is 7.27. The van der Waals surface area contributed by atoms with Crippen LogP contribution in [0.15, 0.2) is 53.5 Å². The normalized spacial score (nSPS) is 12.7. The van der Waals surface area contributed by atoms with Crippen molar-refractivity contribution in [1.82, 2.24) is 9.97 Å². The van der Waals surface area contributed by atoms with Gasteiger partial charge in [-0.3, -0.25) is 0 Å². The molecule has 0 aliphatic carbocycles. The average molecular weight is 431 g/mol. The second-order valence-electron chi connectivity index (χ2n) is 8.39. The van der Waals surface area contributed by atoms with Crippen LogP contribution in [0.5, 0.6) is 0 Å². The van der Waals surface area contributed by atoms with Crippen LogP contribution in [0.1, 0.15) is 26.3 Å². The molecule has 0 atom stereocenters. The van der Waals surface area contributed by atoms with E-state index in [2.05, 4.69) is 72.9 Å². The minimum atomic E-state index is 0.0742. The monoisotopic (exact) mass is 430 g/mol. The Bertz CT molecular complexity index is 1540. The molecule has 5 heteroatoms. The molecule has 142 valence electrons. The summed E-state index contributed by atoms with van der Waals surface area (Å²) < 4.78 is 4.02. The molecule has 0 aliphatic heterocycles. The predicted molar refractivity (Wildman–Crippen MR) is 130 cm³/mol. The molecule has 0 amide bonds. The number of hydrogen-bond donors (Lipinski definition) is 0. The van der Waals surface area contributed by atoms with E-state index in [0.717, 1.165) is 10.5 Å². The molecule has 0 fully saturated rings. The van der Waals surface area contributed by atoms with E-state index < -0.39 is 0 Å². The molecule has 0 bridgehead atoms. The zero-order chi connectivity index (χ0) is 19.8. The Kier molecular flexibility index (Phi) is 3.67. The summed E-state index contributed by atoms with van der Waals surface area (Å²) >= 11 is 5.39. The second kappa shape index (κ2) is 6.08. The molecular weight excluding hydrogens is 412 g/mol. The molecule has 29 heavy (non-hydrogen) atoms. The van der Waals surface area contributed by atoms with Crippen LogP contribution >= 0.6 is 34.0 Å². The smallest absolute Gasteiger partial charge is 0.128 e. The minimum absolute atomic E-state index is 0.0742. The van der Waals surface area contributed by atoms with Crippen molar-refractivity contribution in [3.05, 3.63) is 59.0 Å². The lowest BCUT2D eigenvalue weighted by Gasteiger charge is -2.21. The SMILES string of the molecule is CC(C)(C)c1cc(-c2ncnc3sc4c5ccsc5ccc4c23)cc2ccsc12. The first-order valence-corrected chi connectivity index (χ1v) is 12.1. The van der Waals surface area contributed by atoms with Gasteiger partial charge >= 0.3 is 0 Å². The summed E-state index contributed by atoms with van der Waals surface area (Å²) in [6.07, 6.45) is 1.71. The molecule has 0 aliphatic rings. The van der Waals surface area contributed by atoms with Crippen LogP contribution in [-0.4, -0.2) is 9.97 Å². The summed E-state index contributed by atoms with van der Waals surface area (Å²) in [6.45, 7) is 6.86. The van der Waals surface area contributed by atoms with Gasteiger partial charge in [0.1, 0.15) is 11.2 Å². The largest absolute Gasteiger partial charge is 0.236 e. The molecule has 4 aromatic heterocycles. The predicted octanol–water partition coefficient (Wildman–Crippen LogP) is 8.24. The summed E-state index contributed by atoms with van der Waals surface area (Å²) in [6, 6.07) is 13.5. The first-order valence-electron chi connectivity index (χ1n) is 9.56. The molecule has 0 saturated carbocycles. The molecule has 4 heterocycles. The van der Waals surface area contributed by atoms with Crippen LogP contribution in [0, 0.1) is 0 Å². The van der Waals surface area contributed by atoms with Crippen LogP contribution in [0.3, 0.4) is 0 Å². The lowest BCUT2D eigenvalue weighted by atomic mass is 9.85. The van der Waals surface area contributed by atoms with Crippen molar-refractivity contribution >= 4 is 74.5 Å². The highest BCUT2D eigenvalue weighted by atomic mass is 32.1. The Labute approximate surface area is 180 Å². The Balaban J connectivity index is 1.73. The van der Waals surface area contributed by atoms with E-state index >= 15 is 0 Å². The lowest BCUT2D eigenvalue weighted by Crippen LogP contribution is -2.11. The maximum absolute atomic E-state index is 4.78. The van der Waals surface area contributed by atoms with Crippen LogP contribution in [-0.2, 0) is 5.41 Å². The zero-order valence-corrected chi connectivity index (χ0v) is 18.8. The third kappa shape index (κ3) is 2.58. The molecule has 0 unspecified atom stereocenters. The Morgan fingerprint density at radius 1 is 0.828 bits per heavy atom. The zero-order valence-electron chi connectivity index (χ0n) is 16.3. The van der Waals surface area contributed by atoms with Gasteiger partial charge < -0.3 is 0 Å². The van der Waals surface area contributed by atoms with Gasteiger partial charge in [-0.2, -0.15) is 0 Å². The van der Waals surface area contributed by atoms with Gasteiger partial charge in [-0.25, -0.2) is 9.97 Å². The van der Waals surface area contributed by atoms with Crippen molar-refractivity contribution in [2.75, 3.05) is 0 Å². The first kappa shape index (κ1) is 17.5. The van der Waals surface area contributed by atoms with E-state index in [1.165, 1.54) is 46.8 Å². The third-order valence-corrected chi connectivity index (χ3v) is 8.49. The van der Waals surface area contributed by atoms with Crippen LogP contribution in [0.25, 0.3) is 51.7 Å². The van der Waals surface area contributed by atoms with Gasteiger partial charge in [0.05, 0.1) is 5.69 Å². The Hall–Kier alpha value is -2.34.